The Morgan fingerprint density at radius 3 is 2.35 bits per heavy atom. The van der Waals surface area contributed by atoms with Gasteiger partial charge < -0.3 is 5.11 Å². The van der Waals surface area contributed by atoms with E-state index in [0.29, 0.717) is 17.2 Å². The monoisotopic (exact) mass is 305 g/mol. The van der Waals surface area contributed by atoms with Crippen molar-refractivity contribution in [1.82, 2.24) is 4.98 Å². The molecule has 0 fully saturated rings. The highest BCUT2D eigenvalue weighted by Crippen LogP contribution is 2.33. The molecule has 1 N–H and O–H groups in total. The second-order valence-corrected chi connectivity index (χ2v) is 4.48. The van der Waals surface area contributed by atoms with Crippen LogP contribution in [0.2, 0.25) is 5.02 Å². The predicted octanol–water partition coefficient (Wildman–Crippen LogP) is 3.97. The van der Waals surface area contributed by atoms with Crippen molar-refractivity contribution in [2.24, 2.45) is 0 Å². The summed E-state index contributed by atoms with van der Waals surface area (Å²) in [4.78, 5) is 3.83. The van der Waals surface area contributed by atoms with Crippen LogP contribution in [-0.2, 0) is 6.18 Å². The van der Waals surface area contributed by atoms with E-state index in [0.717, 1.165) is 6.07 Å². The fourth-order valence-electron chi connectivity index (χ4n) is 1.65. The summed E-state index contributed by atoms with van der Waals surface area (Å²) in [5.74, 6) is -1.44. The van der Waals surface area contributed by atoms with E-state index in [-0.39, 0.29) is 11.3 Å². The first-order valence-corrected chi connectivity index (χ1v) is 5.83. The van der Waals surface area contributed by atoms with Gasteiger partial charge in [-0.2, -0.15) is 13.2 Å². The van der Waals surface area contributed by atoms with Crippen molar-refractivity contribution in [2.75, 3.05) is 0 Å². The SMILES string of the molecule is OC(c1ccc(C(F)(F)F)c(F)c1)c1ccc(Cl)cn1. The first-order chi connectivity index (χ1) is 9.29. The Balaban J connectivity index is 2.34. The summed E-state index contributed by atoms with van der Waals surface area (Å²) in [5, 5.41) is 10.3. The van der Waals surface area contributed by atoms with Crippen molar-refractivity contribution in [3.05, 3.63) is 64.2 Å². The molecule has 106 valence electrons. The maximum absolute atomic E-state index is 13.4. The molecule has 1 aromatic carbocycles. The zero-order valence-electron chi connectivity index (χ0n) is 9.83. The number of alkyl halides is 3. The largest absolute Gasteiger partial charge is 0.419 e. The average Bonchev–Trinajstić information content (AvgIpc) is 2.37. The van der Waals surface area contributed by atoms with Gasteiger partial charge in [-0.3, -0.25) is 4.98 Å². The fraction of sp³-hybridized carbons (Fsp3) is 0.154. The zero-order chi connectivity index (χ0) is 14.9. The highest BCUT2D eigenvalue weighted by atomic mass is 35.5. The highest BCUT2D eigenvalue weighted by molar-refractivity contribution is 6.30. The van der Waals surface area contributed by atoms with Gasteiger partial charge in [0.1, 0.15) is 11.9 Å². The molecule has 2 aromatic rings. The van der Waals surface area contributed by atoms with Crippen LogP contribution in [0.1, 0.15) is 22.9 Å². The van der Waals surface area contributed by atoms with Gasteiger partial charge in [0.05, 0.1) is 16.3 Å². The number of halogens is 5. The van der Waals surface area contributed by atoms with E-state index < -0.39 is 23.7 Å². The Morgan fingerprint density at radius 2 is 1.85 bits per heavy atom. The standard InChI is InChI=1S/C13H8ClF4NO/c14-8-2-4-11(19-6-8)12(20)7-1-3-9(10(15)5-7)13(16,17)18/h1-6,12,20H. The molecule has 0 bridgehead atoms. The molecule has 0 amide bonds. The molecule has 0 aliphatic carbocycles. The van der Waals surface area contributed by atoms with E-state index in [1.54, 1.807) is 0 Å². The summed E-state index contributed by atoms with van der Waals surface area (Å²) in [6, 6.07) is 5.11. The van der Waals surface area contributed by atoms with Crippen LogP contribution in [0.15, 0.2) is 36.5 Å². The first kappa shape index (κ1) is 14.7. The van der Waals surface area contributed by atoms with E-state index in [9.17, 15) is 22.7 Å². The Morgan fingerprint density at radius 1 is 1.15 bits per heavy atom. The molecule has 0 saturated heterocycles. The van der Waals surface area contributed by atoms with E-state index in [4.69, 9.17) is 11.6 Å². The second kappa shape index (κ2) is 5.38. The number of pyridine rings is 1. The minimum atomic E-state index is -4.77. The van der Waals surface area contributed by atoms with Crippen molar-refractivity contribution >= 4 is 11.6 Å². The molecule has 2 nitrogen and oxygen atoms in total. The minimum absolute atomic E-state index is 0.0228. The van der Waals surface area contributed by atoms with Crippen LogP contribution in [0.5, 0.6) is 0 Å². The van der Waals surface area contributed by atoms with Gasteiger partial charge in [0.25, 0.3) is 0 Å². The number of benzene rings is 1. The lowest BCUT2D eigenvalue weighted by Crippen LogP contribution is -2.10. The number of hydrogen-bond donors (Lipinski definition) is 1. The van der Waals surface area contributed by atoms with Crippen molar-refractivity contribution in [2.45, 2.75) is 12.3 Å². The lowest BCUT2D eigenvalue weighted by molar-refractivity contribution is -0.140. The van der Waals surface area contributed by atoms with Crippen LogP contribution < -0.4 is 0 Å². The van der Waals surface area contributed by atoms with E-state index in [2.05, 4.69) is 4.98 Å². The van der Waals surface area contributed by atoms with Crippen molar-refractivity contribution < 1.29 is 22.7 Å². The van der Waals surface area contributed by atoms with Gasteiger partial charge >= 0.3 is 6.18 Å². The van der Waals surface area contributed by atoms with Crippen molar-refractivity contribution in [1.29, 1.82) is 0 Å². The highest BCUT2D eigenvalue weighted by Gasteiger charge is 2.34. The third kappa shape index (κ3) is 3.08. The number of aliphatic hydroxyl groups excluding tert-OH is 1. The lowest BCUT2D eigenvalue weighted by atomic mass is 10.0. The Bertz CT molecular complexity index is 613. The zero-order valence-corrected chi connectivity index (χ0v) is 10.6. The van der Waals surface area contributed by atoms with Gasteiger partial charge in [-0.05, 0) is 29.8 Å². The molecule has 1 aromatic heterocycles. The number of aromatic nitrogens is 1. The maximum Gasteiger partial charge on any atom is 0.419 e. The molecule has 0 spiro atoms. The third-order valence-corrected chi connectivity index (χ3v) is 2.87. The average molecular weight is 306 g/mol. The van der Waals surface area contributed by atoms with E-state index >= 15 is 0 Å². The van der Waals surface area contributed by atoms with Gasteiger partial charge in [0.2, 0.25) is 0 Å². The molecule has 0 aliphatic rings. The molecular weight excluding hydrogens is 298 g/mol. The molecular formula is C13H8ClF4NO. The smallest absolute Gasteiger partial charge is 0.382 e. The van der Waals surface area contributed by atoms with E-state index in [1.807, 2.05) is 0 Å². The van der Waals surface area contributed by atoms with Crippen LogP contribution in [0.3, 0.4) is 0 Å². The molecule has 1 heterocycles. The van der Waals surface area contributed by atoms with Crippen LogP contribution in [-0.4, -0.2) is 10.1 Å². The molecule has 1 unspecified atom stereocenters. The van der Waals surface area contributed by atoms with Gasteiger partial charge in [-0.1, -0.05) is 17.7 Å². The third-order valence-electron chi connectivity index (χ3n) is 2.64. The Hall–Kier alpha value is -1.66. The summed E-state index contributed by atoms with van der Waals surface area (Å²) in [6.07, 6.45) is -4.82. The van der Waals surface area contributed by atoms with Gasteiger partial charge in [-0.25, -0.2) is 4.39 Å². The molecule has 20 heavy (non-hydrogen) atoms. The summed E-state index contributed by atoms with van der Waals surface area (Å²) < 4.78 is 50.7. The van der Waals surface area contributed by atoms with Crippen LogP contribution in [0, 0.1) is 5.82 Å². The molecule has 0 radical (unpaired) electrons. The molecule has 7 heteroatoms. The summed E-state index contributed by atoms with van der Waals surface area (Å²) in [5.41, 5.74) is -1.24. The summed E-state index contributed by atoms with van der Waals surface area (Å²) in [7, 11) is 0. The molecule has 0 aliphatic heterocycles. The molecule has 0 saturated carbocycles. The van der Waals surface area contributed by atoms with Gasteiger partial charge in [-0.15, -0.1) is 0 Å². The fourth-order valence-corrected chi connectivity index (χ4v) is 1.76. The summed E-state index contributed by atoms with van der Waals surface area (Å²) in [6.45, 7) is 0. The molecule has 2 rings (SSSR count). The lowest BCUT2D eigenvalue weighted by Gasteiger charge is -2.13. The number of aliphatic hydroxyl groups is 1. The van der Waals surface area contributed by atoms with E-state index in [1.165, 1.54) is 18.3 Å². The van der Waals surface area contributed by atoms with Crippen LogP contribution in [0.4, 0.5) is 17.6 Å². The Kier molecular flexibility index (Phi) is 3.96. The number of rotatable bonds is 2. The maximum atomic E-state index is 13.4. The first-order valence-electron chi connectivity index (χ1n) is 5.45. The van der Waals surface area contributed by atoms with Crippen LogP contribution >= 0.6 is 11.6 Å². The normalized spacial score (nSPS) is 13.3. The van der Waals surface area contributed by atoms with Crippen molar-refractivity contribution in [3.63, 3.8) is 0 Å². The van der Waals surface area contributed by atoms with Crippen LogP contribution in [0.25, 0.3) is 0 Å². The number of hydrogen-bond acceptors (Lipinski definition) is 2. The number of nitrogens with zero attached hydrogens (tertiary/aromatic N) is 1. The van der Waals surface area contributed by atoms with Gasteiger partial charge in [0, 0.05) is 6.20 Å². The predicted molar refractivity (Wildman–Crippen MR) is 64.7 cm³/mol. The second-order valence-electron chi connectivity index (χ2n) is 4.04. The topological polar surface area (TPSA) is 33.1 Å². The quantitative estimate of drug-likeness (QED) is 0.852. The minimum Gasteiger partial charge on any atom is -0.382 e. The Labute approximate surface area is 116 Å². The van der Waals surface area contributed by atoms with Gasteiger partial charge in [0.15, 0.2) is 0 Å². The summed E-state index contributed by atoms with van der Waals surface area (Å²) >= 11 is 5.63. The molecule has 1 atom stereocenters. The van der Waals surface area contributed by atoms with Crippen molar-refractivity contribution in [3.8, 4) is 0 Å².